The lowest BCUT2D eigenvalue weighted by molar-refractivity contribution is -0.127. The standard InChI is InChI=1S/C14H17N3O5/c1-21-10-4-2-9(3-5-10)7-17-11(8-22-14(17)20)13(19)16-6-12(15)18/h2-5,11H,6-8H2,1H3,(H2,15,18)(H,16,19)/t11-/m0/s1. The van der Waals surface area contributed by atoms with Gasteiger partial charge in [-0.05, 0) is 17.7 Å². The van der Waals surface area contributed by atoms with E-state index in [0.717, 1.165) is 5.56 Å². The molecule has 0 unspecified atom stereocenters. The summed E-state index contributed by atoms with van der Waals surface area (Å²) in [5.74, 6) is -0.429. The van der Waals surface area contributed by atoms with Gasteiger partial charge in [-0.2, -0.15) is 0 Å². The van der Waals surface area contributed by atoms with Crippen LogP contribution < -0.4 is 15.8 Å². The Kier molecular flexibility index (Phi) is 4.82. The van der Waals surface area contributed by atoms with E-state index >= 15 is 0 Å². The van der Waals surface area contributed by atoms with Gasteiger partial charge >= 0.3 is 6.09 Å². The van der Waals surface area contributed by atoms with Gasteiger partial charge in [-0.1, -0.05) is 12.1 Å². The molecule has 3 amide bonds. The first kappa shape index (κ1) is 15.6. The number of hydrogen-bond donors (Lipinski definition) is 2. The molecular weight excluding hydrogens is 290 g/mol. The van der Waals surface area contributed by atoms with Gasteiger partial charge in [-0.3, -0.25) is 14.5 Å². The van der Waals surface area contributed by atoms with Crippen molar-refractivity contribution >= 4 is 17.9 Å². The molecule has 0 aromatic heterocycles. The Morgan fingerprint density at radius 3 is 2.68 bits per heavy atom. The van der Waals surface area contributed by atoms with Crippen molar-refractivity contribution in [3.8, 4) is 5.75 Å². The van der Waals surface area contributed by atoms with E-state index in [2.05, 4.69) is 5.32 Å². The van der Waals surface area contributed by atoms with Gasteiger partial charge in [0.25, 0.3) is 0 Å². The number of primary amides is 1. The number of nitrogens with one attached hydrogen (secondary N) is 1. The van der Waals surface area contributed by atoms with Crippen LogP contribution in [-0.2, 0) is 20.9 Å². The Morgan fingerprint density at radius 2 is 2.09 bits per heavy atom. The summed E-state index contributed by atoms with van der Waals surface area (Å²) in [4.78, 5) is 35.7. The van der Waals surface area contributed by atoms with E-state index in [9.17, 15) is 14.4 Å². The molecule has 1 aliphatic heterocycles. The van der Waals surface area contributed by atoms with Crippen molar-refractivity contribution in [1.29, 1.82) is 0 Å². The van der Waals surface area contributed by atoms with Crippen molar-refractivity contribution in [2.45, 2.75) is 12.6 Å². The molecule has 0 aliphatic carbocycles. The molecule has 118 valence electrons. The summed E-state index contributed by atoms with van der Waals surface area (Å²) in [7, 11) is 1.56. The Morgan fingerprint density at radius 1 is 1.41 bits per heavy atom. The number of carbonyl (C=O) groups excluding carboxylic acids is 3. The van der Waals surface area contributed by atoms with Crippen LogP contribution in [0.5, 0.6) is 5.75 Å². The summed E-state index contributed by atoms with van der Waals surface area (Å²) in [5.41, 5.74) is 5.80. The van der Waals surface area contributed by atoms with Crippen molar-refractivity contribution in [3.63, 3.8) is 0 Å². The third kappa shape index (κ3) is 3.66. The maximum absolute atomic E-state index is 12.0. The highest BCUT2D eigenvalue weighted by Crippen LogP contribution is 2.18. The van der Waals surface area contributed by atoms with Crippen LogP contribution in [0, 0.1) is 0 Å². The molecule has 22 heavy (non-hydrogen) atoms. The molecule has 1 aliphatic rings. The first-order chi connectivity index (χ1) is 10.5. The maximum atomic E-state index is 12.0. The number of rotatable bonds is 6. The van der Waals surface area contributed by atoms with E-state index in [0.29, 0.717) is 5.75 Å². The Hall–Kier alpha value is -2.77. The second kappa shape index (κ2) is 6.79. The third-order valence-electron chi connectivity index (χ3n) is 3.23. The molecule has 1 aromatic carbocycles. The summed E-state index contributed by atoms with van der Waals surface area (Å²) >= 11 is 0. The maximum Gasteiger partial charge on any atom is 0.410 e. The molecule has 1 heterocycles. The molecule has 0 bridgehead atoms. The van der Waals surface area contributed by atoms with Gasteiger partial charge < -0.3 is 20.5 Å². The summed E-state index contributed by atoms with van der Waals surface area (Å²) in [6, 6.07) is 6.33. The van der Waals surface area contributed by atoms with Crippen molar-refractivity contribution in [1.82, 2.24) is 10.2 Å². The van der Waals surface area contributed by atoms with Crippen molar-refractivity contribution in [2.75, 3.05) is 20.3 Å². The molecule has 8 heteroatoms. The van der Waals surface area contributed by atoms with Crippen molar-refractivity contribution in [3.05, 3.63) is 29.8 Å². The Balaban J connectivity index is 2.03. The number of cyclic esters (lactones) is 1. The highest BCUT2D eigenvalue weighted by molar-refractivity contribution is 5.90. The molecule has 1 fully saturated rings. The van der Waals surface area contributed by atoms with Gasteiger partial charge in [0.2, 0.25) is 11.8 Å². The number of hydrogen-bond acceptors (Lipinski definition) is 5. The van der Waals surface area contributed by atoms with Crippen molar-refractivity contribution in [2.24, 2.45) is 5.73 Å². The van der Waals surface area contributed by atoms with Crippen LogP contribution in [0.2, 0.25) is 0 Å². The SMILES string of the molecule is COc1ccc(CN2C(=O)OC[C@H]2C(=O)NCC(N)=O)cc1. The topological polar surface area (TPSA) is 111 Å². The Bertz CT molecular complexity index is 572. The highest BCUT2D eigenvalue weighted by atomic mass is 16.6. The summed E-state index contributed by atoms with van der Waals surface area (Å²) in [5, 5.41) is 2.37. The molecule has 8 nitrogen and oxygen atoms in total. The van der Waals surface area contributed by atoms with Gasteiger partial charge in [0, 0.05) is 0 Å². The monoisotopic (exact) mass is 307 g/mol. The van der Waals surface area contributed by atoms with E-state index in [1.54, 1.807) is 31.4 Å². The van der Waals surface area contributed by atoms with E-state index in [-0.39, 0.29) is 19.7 Å². The lowest BCUT2D eigenvalue weighted by Gasteiger charge is -2.20. The number of benzene rings is 1. The zero-order chi connectivity index (χ0) is 16.1. The average Bonchev–Trinajstić information content (AvgIpc) is 2.87. The average molecular weight is 307 g/mol. The Labute approximate surface area is 127 Å². The zero-order valence-corrected chi connectivity index (χ0v) is 12.1. The van der Waals surface area contributed by atoms with Gasteiger partial charge in [0.15, 0.2) is 0 Å². The predicted molar refractivity (Wildman–Crippen MR) is 75.9 cm³/mol. The molecule has 2 rings (SSSR count). The fourth-order valence-corrected chi connectivity index (χ4v) is 2.06. The number of carbonyl (C=O) groups is 3. The number of ether oxygens (including phenoxy) is 2. The quantitative estimate of drug-likeness (QED) is 0.744. The fourth-order valence-electron chi connectivity index (χ4n) is 2.06. The van der Waals surface area contributed by atoms with E-state index in [1.807, 2.05) is 0 Å². The number of methoxy groups -OCH3 is 1. The smallest absolute Gasteiger partial charge is 0.410 e. The van der Waals surface area contributed by atoms with Crippen LogP contribution in [0.4, 0.5) is 4.79 Å². The molecule has 1 atom stereocenters. The second-order valence-electron chi connectivity index (χ2n) is 4.75. The van der Waals surface area contributed by atoms with E-state index in [1.165, 1.54) is 4.90 Å². The van der Waals surface area contributed by atoms with Crippen LogP contribution >= 0.6 is 0 Å². The van der Waals surface area contributed by atoms with Crippen LogP contribution in [0.25, 0.3) is 0 Å². The van der Waals surface area contributed by atoms with Crippen molar-refractivity contribution < 1.29 is 23.9 Å². The lowest BCUT2D eigenvalue weighted by Crippen LogP contribution is -2.47. The number of nitrogens with zero attached hydrogens (tertiary/aromatic N) is 1. The third-order valence-corrected chi connectivity index (χ3v) is 3.23. The largest absolute Gasteiger partial charge is 0.497 e. The van der Waals surface area contributed by atoms with Crippen LogP contribution in [-0.4, -0.2) is 49.1 Å². The minimum Gasteiger partial charge on any atom is -0.497 e. The number of amides is 3. The molecule has 0 spiro atoms. The van der Waals surface area contributed by atoms with Gasteiger partial charge in [-0.15, -0.1) is 0 Å². The van der Waals surface area contributed by atoms with Gasteiger partial charge in [0.1, 0.15) is 18.4 Å². The van der Waals surface area contributed by atoms with E-state index in [4.69, 9.17) is 15.2 Å². The summed E-state index contributed by atoms with van der Waals surface area (Å²) in [6.07, 6.45) is -0.574. The van der Waals surface area contributed by atoms with Crippen LogP contribution in [0.15, 0.2) is 24.3 Å². The summed E-state index contributed by atoms with van der Waals surface area (Å²) < 4.78 is 9.97. The molecule has 0 radical (unpaired) electrons. The van der Waals surface area contributed by atoms with E-state index < -0.39 is 23.9 Å². The predicted octanol–water partition coefficient (Wildman–Crippen LogP) is -0.382. The molecule has 1 saturated heterocycles. The van der Waals surface area contributed by atoms with Gasteiger partial charge in [-0.25, -0.2) is 4.79 Å². The minimum atomic E-state index is -0.783. The second-order valence-corrected chi connectivity index (χ2v) is 4.75. The van der Waals surface area contributed by atoms with Crippen LogP contribution in [0.3, 0.4) is 0 Å². The summed E-state index contributed by atoms with van der Waals surface area (Å²) in [6.45, 7) is -0.114. The molecule has 3 N–H and O–H groups in total. The lowest BCUT2D eigenvalue weighted by atomic mass is 10.1. The van der Waals surface area contributed by atoms with Crippen LogP contribution in [0.1, 0.15) is 5.56 Å². The molecular formula is C14H17N3O5. The fraction of sp³-hybridized carbons (Fsp3) is 0.357. The number of nitrogens with two attached hydrogens (primary N) is 1. The first-order valence-electron chi connectivity index (χ1n) is 6.63. The molecule has 1 aromatic rings. The zero-order valence-electron chi connectivity index (χ0n) is 12.1. The van der Waals surface area contributed by atoms with Gasteiger partial charge in [0.05, 0.1) is 20.2 Å². The highest BCUT2D eigenvalue weighted by Gasteiger charge is 2.37. The first-order valence-corrected chi connectivity index (χ1v) is 6.63. The normalized spacial score (nSPS) is 17.0. The molecule has 0 saturated carbocycles. The minimum absolute atomic E-state index is 0.0560.